The lowest BCUT2D eigenvalue weighted by Gasteiger charge is -1.95. The lowest BCUT2D eigenvalue weighted by Crippen LogP contribution is -1.96. The Morgan fingerprint density at radius 1 is 0.762 bits per heavy atom. The molecule has 0 bridgehead atoms. The van der Waals surface area contributed by atoms with Gasteiger partial charge in [0.25, 0.3) is 0 Å². The molecule has 0 amide bonds. The minimum atomic E-state index is -0.982. The molecule has 0 spiro atoms. The predicted octanol–water partition coefficient (Wildman–Crippen LogP) is 2.68. The topological polar surface area (TPSA) is 43.4 Å². The number of cyclic esters (lactones) is 2. The van der Waals surface area contributed by atoms with E-state index in [1.165, 1.54) is 18.2 Å². The summed E-state index contributed by atoms with van der Waals surface area (Å²) in [5, 5.41) is 0. The average Bonchev–Trinajstić information content (AvgIpc) is 2.75. The molecule has 0 aromatic heterocycles. The lowest BCUT2D eigenvalue weighted by molar-refractivity contribution is 0.0444. The highest BCUT2D eigenvalue weighted by Gasteiger charge is 2.29. The molecule has 1 aliphatic heterocycles. The van der Waals surface area contributed by atoms with Crippen molar-refractivity contribution in [2.45, 2.75) is 0 Å². The quantitative estimate of drug-likeness (QED) is 0.424. The number of esters is 2. The second-order valence-corrected chi connectivity index (χ2v) is 4.32. The second kappa shape index (κ2) is 4.84. The highest BCUT2D eigenvalue weighted by atomic mass is 19.2. The van der Waals surface area contributed by atoms with Crippen molar-refractivity contribution in [3.05, 3.63) is 70.3 Å². The molecule has 2 aromatic rings. The molecule has 0 saturated heterocycles. The Balaban J connectivity index is 1.95. The maximum absolute atomic E-state index is 13.0. The summed E-state index contributed by atoms with van der Waals surface area (Å²) in [7, 11) is 0. The molecule has 0 saturated carbocycles. The third kappa shape index (κ3) is 2.39. The monoisotopic (exact) mass is 284 g/mol. The van der Waals surface area contributed by atoms with Crippen LogP contribution in [0, 0.1) is 23.5 Å². The third-order valence-corrected chi connectivity index (χ3v) is 2.92. The second-order valence-electron chi connectivity index (χ2n) is 4.32. The molecular formula is C16H6F2O3. The number of carbonyl (C=O) groups is 2. The highest BCUT2D eigenvalue weighted by molar-refractivity contribution is 6.14. The van der Waals surface area contributed by atoms with Crippen LogP contribution in [0.4, 0.5) is 8.78 Å². The molecule has 3 nitrogen and oxygen atoms in total. The molecule has 21 heavy (non-hydrogen) atoms. The van der Waals surface area contributed by atoms with Gasteiger partial charge in [-0.05, 0) is 36.4 Å². The Hall–Kier alpha value is -3.00. The first-order valence-corrected chi connectivity index (χ1v) is 5.92. The number of hydrogen-bond acceptors (Lipinski definition) is 3. The highest BCUT2D eigenvalue weighted by Crippen LogP contribution is 2.20. The van der Waals surface area contributed by atoms with Gasteiger partial charge in [0, 0.05) is 11.1 Å². The fraction of sp³-hybridized carbons (Fsp3) is 0. The van der Waals surface area contributed by atoms with E-state index in [1.54, 1.807) is 6.07 Å². The van der Waals surface area contributed by atoms with Gasteiger partial charge in [0.15, 0.2) is 11.6 Å². The van der Waals surface area contributed by atoms with Crippen molar-refractivity contribution in [3.63, 3.8) is 0 Å². The van der Waals surface area contributed by atoms with Crippen LogP contribution in [0.15, 0.2) is 36.4 Å². The summed E-state index contributed by atoms with van der Waals surface area (Å²) in [6, 6.07) is 7.72. The molecule has 0 radical (unpaired) electrons. The molecule has 0 unspecified atom stereocenters. The van der Waals surface area contributed by atoms with Gasteiger partial charge in [0.1, 0.15) is 0 Å². The van der Waals surface area contributed by atoms with E-state index in [-0.39, 0.29) is 11.1 Å². The SMILES string of the molecule is O=C1OC(=O)c2cc(C#Cc3ccc(F)c(F)c3)ccc21. The van der Waals surface area contributed by atoms with Crippen LogP contribution < -0.4 is 0 Å². The summed E-state index contributed by atoms with van der Waals surface area (Å²) >= 11 is 0. The standard InChI is InChI=1S/C16H6F2O3/c17-13-6-4-10(8-14(13)18)2-1-9-3-5-11-12(7-9)16(20)21-15(11)19/h3-8H. The number of rotatable bonds is 0. The number of halogens is 2. The Bertz CT molecular complexity index is 844. The van der Waals surface area contributed by atoms with Crippen LogP contribution in [0.5, 0.6) is 0 Å². The molecule has 5 heteroatoms. The van der Waals surface area contributed by atoms with Gasteiger partial charge in [0.2, 0.25) is 0 Å². The van der Waals surface area contributed by atoms with Crippen molar-refractivity contribution >= 4 is 11.9 Å². The fourth-order valence-corrected chi connectivity index (χ4v) is 1.88. The summed E-state index contributed by atoms with van der Waals surface area (Å²) in [4.78, 5) is 22.7. The van der Waals surface area contributed by atoms with Gasteiger partial charge < -0.3 is 4.74 Å². The Labute approximate surface area is 118 Å². The van der Waals surface area contributed by atoms with Crippen LogP contribution >= 0.6 is 0 Å². The van der Waals surface area contributed by atoms with E-state index < -0.39 is 23.6 Å². The van der Waals surface area contributed by atoms with Crippen molar-refractivity contribution in [2.24, 2.45) is 0 Å². The minimum Gasteiger partial charge on any atom is -0.386 e. The van der Waals surface area contributed by atoms with E-state index in [2.05, 4.69) is 16.6 Å². The van der Waals surface area contributed by atoms with Gasteiger partial charge in [-0.2, -0.15) is 0 Å². The summed E-state index contributed by atoms with van der Waals surface area (Å²) in [5.74, 6) is 2.04. The Morgan fingerprint density at radius 2 is 1.38 bits per heavy atom. The Kier molecular flexibility index (Phi) is 2.99. The average molecular weight is 284 g/mol. The summed E-state index contributed by atoms with van der Waals surface area (Å²) in [5.41, 5.74) is 1.11. The van der Waals surface area contributed by atoms with Crippen molar-refractivity contribution in [1.82, 2.24) is 0 Å². The van der Waals surface area contributed by atoms with Gasteiger partial charge in [0.05, 0.1) is 11.1 Å². The maximum Gasteiger partial charge on any atom is 0.346 e. The molecule has 1 heterocycles. The van der Waals surface area contributed by atoms with E-state index in [0.29, 0.717) is 11.1 Å². The van der Waals surface area contributed by atoms with E-state index >= 15 is 0 Å². The summed E-state index contributed by atoms with van der Waals surface area (Å²) < 4.78 is 30.3. The molecular weight excluding hydrogens is 278 g/mol. The molecule has 3 rings (SSSR count). The van der Waals surface area contributed by atoms with E-state index in [9.17, 15) is 18.4 Å². The van der Waals surface area contributed by atoms with Crippen LogP contribution in [0.3, 0.4) is 0 Å². The van der Waals surface area contributed by atoms with Crippen molar-refractivity contribution in [3.8, 4) is 11.8 Å². The Morgan fingerprint density at radius 3 is 2.10 bits per heavy atom. The fourth-order valence-electron chi connectivity index (χ4n) is 1.88. The molecule has 0 atom stereocenters. The number of benzene rings is 2. The number of fused-ring (bicyclic) bond motifs is 1. The van der Waals surface area contributed by atoms with Gasteiger partial charge in [-0.3, -0.25) is 0 Å². The normalized spacial score (nSPS) is 12.5. The molecule has 0 fully saturated rings. The zero-order valence-electron chi connectivity index (χ0n) is 10.4. The van der Waals surface area contributed by atoms with Crippen molar-refractivity contribution < 1.29 is 23.1 Å². The van der Waals surface area contributed by atoms with Crippen LogP contribution in [0.25, 0.3) is 0 Å². The molecule has 102 valence electrons. The molecule has 0 N–H and O–H groups in total. The van der Waals surface area contributed by atoms with Crippen LogP contribution in [0.2, 0.25) is 0 Å². The molecule has 2 aromatic carbocycles. The van der Waals surface area contributed by atoms with Gasteiger partial charge in [-0.25, -0.2) is 18.4 Å². The zero-order chi connectivity index (χ0) is 15.0. The number of ether oxygens (including phenoxy) is 1. The van der Waals surface area contributed by atoms with Crippen LogP contribution in [0.1, 0.15) is 31.8 Å². The number of hydrogen-bond donors (Lipinski definition) is 0. The van der Waals surface area contributed by atoms with Gasteiger partial charge >= 0.3 is 11.9 Å². The van der Waals surface area contributed by atoms with Crippen molar-refractivity contribution in [1.29, 1.82) is 0 Å². The largest absolute Gasteiger partial charge is 0.386 e. The lowest BCUT2D eigenvalue weighted by atomic mass is 10.1. The van der Waals surface area contributed by atoms with E-state index in [0.717, 1.165) is 12.1 Å². The maximum atomic E-state index is 13.0. The van der Waals surface area contributed by atoms with Crippen molar-refractivity contribution in [2.75, 3.05) is 0 Å². The zero-order valence-corrected chi connectivity index (χ0v) is 10.4. The predicted molar refractivity (Wildman–Crippen MR) is 68.5 cm³/mol. The summed E-state index contributed by atoms with van der Waals surface area (Å²) in [6.07, 6.45) is 0. The first-order chi connectivity index (χ1) is 10.0. The van der Waals surface area contributed by atoms with E-state index in [4.69, 9.17) is 0 Å². The smallest absolute Gasteiger partial charge is 0.346 e. The van der Waals surface area contributed by atoms with Crippen LogP contribution in [-0.2, 0) is 4.74 Å². The van der Waals surface area contributed by atoms with Crippen LogP contribution in [-0.4, -0.2) is 11.9 Å². The van der Waals surface area contributed by atoms with Gasteiger partial charge in [-0.1, -0.05) is 11.8 Å². The molecule has 1 aliphatic rings. The molecule has 0 aliphatic carbocycles. The first kappa shape index (κ1) is 13.0. The van der Waals surface area contributed by atoms with E-state index in [1.807, 2.05) is 0 Å². The first-order valence-electron chi connectivity index (χ1n) is 5.92. The van der Waals surface area contributed by atoms with Gasteiger partial charge in [-0.15, -0.1) is 0 Å². The third-order valence-electron chi connectivity index (χ3n) is 2.92. The summed E-state index contributed by atoms with van der Waals surface area (Å²) in [6.45, 7) is 0. The number of carbonyl (C=O) groups excluding carboxylic acids is 2. The minimum absolute atomic E-state index is 0.150.